The molecule has 1 aliphatic rings. The summed E-state index contributed by atoms with van der Waals surface area (Å²) < 4.78 is 11.4. The van der Waals surface area contributed by atoms with Gasteiger partial charge in [-0.2, -0.15) is 0 Å². The fraction of sp³-hybridized carbons (Fsp3) is 0.923. The van der Waals surface area contributed by atoms with E-state index in [2.05, 4.69) is 17.1 Å². The number of nitrogens with two attached hydrogens (primary N) is 1. The zero-order valence-corrected chi connectivity index (χ0v) is 13.3. The Morgan fingerprint density at radius 1 is 1.37 bits per heavy atom. The van der Waals surface area contributed by atoms with Crippen molar-refractivity contribution in [1.29, 1.82) is 0 Å². The van der Waals surface area contributed by atoms with Crippen LogP contribution in [0.3, 0.4) is 0 Å². The van der Waals surface area contributed by atoms with Gasteiger partial charge in [0.1, 0.15) is 0 Å². The number of amides is 1. The predicted octanol–water partition coefficient (Wildman–Crippen LogP) is 0.0713. The summed E-state index contributed by atoms with van der Waals surface area (Å²) in [5.74, 6) is 1.15. The van der Waals surface area contributed by atoms with Crippen LogP contribution in [0.4, 0.5) is 0 Å². The zero-order valence-electron chi connectivity index (χ0n) is 12.4. The highest BCUT2D eigenvalue weighted by atomic mass is 32.2. The third-order valence-electron chi connectivity index (χ3n) is 3.69. The molecule has 3 N–H and O–H groups in total. The van der Waals surface area contributed by atoms with E-state index in [9.17, 15) is 9.00 Å². The highest BCUT2D eigenvalue weighted by Crippen LogP contribution is 2.18. The number of rotatable bonds is 6. The number of hydrogen-bond donors (Lipinski definition) is 2. The van der Waals surface area contributed by atoms with Crippen LogP contribution < -0.4 is 11.1 Å². The average molecular weight is 289 g/mol. The summed E-state index contributed by atoms with van der Waals surface area (Å²) in [6, 6.07) is 0.458. The van der Waals surface area contributed by atoms with Gasteiger partial charge in [-0.15, -0.1) is 0 Å². The monoisotopic (exact) mass is 289 g/mol. The first-order valence-electron chi connectivity index (χ1n) is 6.91. The van der Waals surface area contributed by atoms with E-state index in [0.717, 1.165) is 24.6 Å². The molecule has 0 spiro atoms. The average Bonchev–Trinajstić information content (AvgIpc) is 2.28. The predicted molar refractivity (Wildman–Crippen MR) is 79.4 cm³/mol. The van der Waals surface area contributed by atoms with Gasteiger partial charge in [0.25, 0.3) is 0 Å². The molecule has 1 fully saturated rings. The molecule has 5 nitrogen and oxygen atoms in total. The molecular weight excluding hydrogens is 262 g/mol. The SMILES string of the molecule is CC(C)NC(C)(CC(C)N1CCS(=O)CC1)C(N)=O. The molecule has 1 rings (SSSR count). The summed E-state index contributed by atoms with van der Waals surface area (Å²) >= 11 is 0. The zero-order chi connectivity index (χ0) is 14.6. The lowest BCUT2D eigenvalue weighted by atomic mass is 9.91. The van der Waals surface area contributed by atoms with Gasteiger partial charge in [-0.25, -0.2) is 0 Å². The number of primary amides is 1. The maximum Gasteiger partial charge on any atom is 0.237 e. The molecule has 112 valence electrons. The van der Waals surface area contributed by atoms with Gasteiger partial charge in [0, 0.05) is 47.5 Å². The number of hydrogen-bond acceptors (Lipinski definition) is 4. The van der Waals surface area contributed by atoms with Crippen molar-refractivity contribution in [1.82, 2.24) is 10.2 Å². The minimum atomic E-state index is -0.690. The van der Waals surface area contributed by atoms with Gasteiger partial charge in [-0.1, -0.05) is 0 Å². The fourth-order valence-corrected chi connectivity index (χ4v) is 3.76. The lowest BCUT2D eigenvalue weighted by Gasteiger charge is -2.38. The first-order valence-corrected chi connectivity index (χ1v) is 8.40. The minimum Gasteiger partial charge on any atom is -0.368 e. The van der Waals surface area contributed by atoms with Gasteiger partial charge in [-0.3, -0.25) is 13.9 Å². The van der Waals surface area contributed by atoms with E-state index in [4.69, 9.17) is 5.73 Å². The van der Waals surface area contributed by atoms with Gasteiger partial charge < -0.3 is 11.1 Å². The molecule has 1 amide bonds. The highest BCUT2D eigenvalue weighted by Gasteiger charge is 2.35. The molecule has 0 saturated carbocycles. The van der Waals surface area contributed by atoms with E-state index < -0.39 is 16.3 Å². The van der Waals surface area contributed by atoms with Crippen LogP contribution in [-0.2, 0) is 15.6 Å². The Morgan fingerprint density at radius 3 is 2.32 bits per heavy atom. The van der Waals surface area contributed by atoms with Crippen molar-refractivity contribution < 1.29 is 9.00 Å². The third-order valence-corrected chi connectivity index (χ3v) is 4.97. The van der Waals surface area contributed by atoms with Crippen molar-refractivity contribution in [3.8, 4) is 0 Å². The number of nitrogens with zero attached hydrogens (tertiary/aromatic N) is 1. The first-order chi connectivity index (χ1) is 8.74. The summed E-state index contributed by atoms with van der Waals surface area (Å²) in [4.78, 5) is 14.0. The van der Waals surface area contributed by atoms with E-state index in [1.165, 1.54) is 0 Å². The van der Waals surface area contributed by atoms with E-state index in [0.29, 0.717) is 6.42 Å². The standard InChI is InChI=1S/C13H27N3O2S/c1-10(2)15-13(4,12(14)17)9-11(3)16-5-7-19(18)8-6-16/h10-11,15H,5-9H2,1-4H3,(H2,14,17). The van der Waals surface area contributed by atoms with Crippen molar-refractivity contribution in [3.63, 3.8) is 0 Å². The number of nitrogens with one attached hydrogen (secondary N) is 1. The molecule has 1 saturated heterocycles. The van der Waals surface area contributed by atoms with Crippen molar-refractivity contribution >= 4 is 16.7 Å². The molecule has 0 radical (unpaired) electrons. The van der Waals surface area contributed by atoms with Crippen LogP contribution in [0, 0.1) is 0 Å². The molecule has 2 unspecified atom stereocenters. The van der Waals surface area contributed by atoms with Gasteiger partial charge in [0.05, 0.1) is 5.54 Å². The number of carbonyl (C=O) groups is 1. The minimum absolute atomic E-state index is 0.207. The van der Waals surface area contributed by atoms with Gasteiger partial charge in [0.2, 0.25) is 5.91 Å². The molecule has 2 atom stereocenters. The molecule has 6 heteroatoms. The Morgan fingerprint density at radius 2 is 1.89 bits per heavy atom. The summed E-state index contributed by atoms with van der Waals surface area (Å²) in [6.45, 7) is 9.67. The Kier molecular flexibility index (Phi) is 5.95. The maximum atomic E-state index is 11.7. The quantitative estimate of drug-likeness (QED) is 0.726. The van der Waals surface area contributed by atoms with Crippen LogP contribution in [0.25, 0.3) is 0 Å². The molecule has 0 aromatic carbocycles. The molecule has 19 heavy (non-hydrogen) atoms. The lowest BCUT2D eigenvalue weighted by molar-refractivity contribution is -0.124. The number of carbonyl (C=O) groups excluding carboxylic acids is 1. The van der Waals surface area contributed by atoms with Gasteiger partial charge >= 0.3 is 0 Å². The van der Waals surface area contributed by atoms with Crippen molar-refractivity contribution in [2.75, 3.05) is 24.6 Å². The Balaban J connectivity index is 2.63. The maximum absolute atomic E-state index is 11.7. The van der Waals surface area contributed by atoms with E-state index in [1.54, 1.807) is 0 Å². The summed E-state index contributed by atoms with van der Waals surface area (Å²) in [5, 5.41) is 3.27. The first kappa shape index (κ1) is 16.6. The second kappa shape index (κ2) is 6.81. The Labute approximate surface area is 118 Å². The Hall–Kier alpha value is -0.460. The van der Waals surface area contributed by atoms with E-state index in [1.807, 2.05) is 20.8 Å². The molecular formula is C13H27N3O2S. The van der Waals surface area contributed by atoms with E-state index in [-0.39, 0.29) is 18.0 Å². The Bertz CT molecular complexity index is 339. The summed E-state index contributed by atoms with van der Waals surface area (Å²) in [5.41, 5.74) is 4.86. The molecule has 0 aromatic heterocycles. The van der Waals surface area contributed by atoms with Crippen molar-refractivity contribution in [2.45, 2.75) is 51.7 Å². The fourth-order valence-electron chi connectivity index (χ4n) is 2.68. The molecule has 1 heterocycles. The lowest BCUT2D eigenvalue weighted by Crippen LogP contribution is -2.58. The van der Waals surface area contributed by atoms with Crippen molar-refractivity contribution in [3.05, 3.63) is 0 Å². The van der Waals surface area contributed by atoms with Gasteiger partial charge in [0.15, 0.2) is 0 Å². The van der Waals surface area contributed by atoms with Crippen molar-refractivity contribution in [2.24, 2.45) is 5.73 Å². The van der Waals surface area contributed by atoms with Crippen LogP contribution >= 0.6 is 0 Å². The molecule has 0 aliphatic carbocycles. The molecule has 0 aromatic rings. The smallest absolute Gasteiger partial charge is 0.237 e. The topological polar surface area (TPSA) is 75.4 Å². The highest BCUT2D eigenvalue weighted by molar-refractivity contribution is 7.85. The van der Waals surface area contributed by atoms with E-state index >= 15 is 0 Å². The van der Waals surface area contributed by atoms with Gasteiger partial charge in [-0.05, 0) is 34.1 Å². The summed E-state index contributed by atoms with van der Waals surface area (Å²) in [7, 11) is -0.667. The molecule has 1 aliphatic heterocycles. The van der Waals surface area contributed by atoms with Crippen LogP contribution in [0.15, 0.2) is 0 Å². The third kappa shape index (κ3) is 4.85. The van der Waals surface area contributed by atoms with Crippen LogP contribution in [0.1, 0.15) is 34.1 Å². The second-order valence-corrected chi connectivity index (χ2v) is 7.63. The second-order valence-electron chi connectivity index (χ2n) is 5.93. The van der Waals surface area contributed by atoms with Crippen LogP contribution in [0.2, 0.25) is 0 Å². The normalized spacial score (nSPS) is 23.2. The van der Waals surface area contributed by atoms with Crippen LogP contribution in [0.5, 0.6) is 0 Å². The summed E-state index contributed by atoms with van der Waals surface area (Å²) in [6.07, 6.45) is 0.674. The van der Waals surface area contributed by atoms with Crippen LogP contribution in [-0.4, -0.2) is 57.2 Å². The largest absolute Gasteiger partial charge is 0.368 e. The molecule has 0 bridgehead atoms.